The monoisotopic (exact) mass is 448 g/mol. The lowest BCUT2D eigenvalue weighted by Gasteiger charge is -2.07. The van der Waals surface area contributed by atoms with Crippen molar-refractivity contribution in [3.05, 3.63) is 69.6 Å². The Kier molecular flexibility index (Phi) is 5.74. The van der Waals surface area contributed by atoms with Gasteiger partial charge in [0.25, 0.3) is 11.8 Å². The van der Waals surface area contributed by atoms with Crippen molar-refractivity contribution < 1.29 is 27.9 Å². The fourth-order valence-corrected chi connectivity index (χ4v) is 2.78. The SMILES string of the molecule is Cc1c(C(=O)OCC(=O)NNC(=O)c2ccc(F)cc2)oc2ccc(Br)cc12. The minimum atomic E-state index is -0.801. The smallest absolute Gasteiger partial charge is 0.375 e. The standard InChI is InChI=1S/C19H14BrFN2O5/c1-10-14-8-12(20)4-7-15(14)28-17(10)19(26)27-9-16(24)22-23-18(25)11-2-5-13(21)6-3-11/h2-8H,9H2,1H3,(H,22,24)(H,23,25). The third kappa shape index (κ3) is 4.37. The average molecular weight is 449 g/mol. The molecule has 0 saturated heterocycles. The molecule has 0 atom stereocenters. The number of aryl methyl sites for hydroxylation is 1. The average Bonchev–Trinajstić information content (AvgIpc) is 3.01. The Morgan fingerprint density at radius 1 is 1.11 bits per heavy atom. The summed E-state index contributed by atoms with van der Waals surface area (Å²) in [5.74, 6) is -2.68. The number of carbonyl (C=O) groups is 3. The molecule has 28 heavy (non-hydrogen) atoms. The quantitative estimate of drug-likeness (QED) is 0.471. The summed E-state index contributed by atoms with van der Waals surface area (Å²) in [6, 6.07) is 10.1. The molecule has 0 spiro atoms. The highest BCUT2D eigenvalue weighted by Gasteiger charge is 2.20. The molecule has 1 heterocycles. The normalized spacial score (nSPS) is 10.5. The second-order valence-corrected chi connectivity index (χ2v) is 6.70. The number of benzene rings is 2. The summed E-state index contributed by atoms with van der Waals surface area (Å²) in [6.07, 6.45) is 0. The fourth-order valence-electron chi connectivity index (χ4n) is 2.42. The van der Waals surface area contributed by atoms with E-state index in [1.54, 1.807) is 19.1 Å². The fraction of sp³-hybridized carbons (Fsp3) is 0.105. The summed E-state index contributed by atoms with van der Waals surface area (Å²) >= 11 is 3.35. The van der Waals surface area contributed by atoms with E-state index < -0.39 is 30.2 Å². The Balaban J connectivity index is 1.54. The van der Waals surface area contributed by atoms with Crippen LogP contribution in [0.25, 0.3) is 11.0 Å². The van der Waals surface area contributed by atoms with Crippen molar-refractivity contribution in [2.75, 3.05) is 6.61 Å². The van der Waals surface area contributed by atoms with Gasteiger partial charge < -0.3 is 9.15 Å². The van der Waals surface area contributed by atoms with Gasteiger partial charge in [-0.05, 0) is 49.4 Å². The molecule has 0 bridgehead atoms. The van der Waals surface area contributed by atoms with Crippen molar-refractivity contribution in [1.82, 2.24) is 10.9 Å². The molecular formula is C19H14BrFN2O5. The lowest BCUT2D eigenvalue weighted by Crippen LogP contribution is -2.43. The number of hydrazine groups is 1. The predicted molar refractivity (Wildman–Crippen MR) is 101 cm³/mol. The first-order valence-electron chi connectivity index (χ1n) is 8.05. The van der Waals surface area contributed by atoms with Gasteiger partial charge in [-0.25, -0.2) is 9.18 Å². The number of ether oxygens (including phenoxy) is 1. The van der Waals surface area contributed by atoms with Crippen LogP contribution in [0.15, 0.2) is 51.4 Å². The van der Waals surface area contributed by atoms with Crippen LogP contribution in [0.5, 0.6) is 0 Å². The van der Waals surface area contributed by atoms with Crippen LogP contribution in [-0.4, -0.2) is 24.4 Å². The minimum absolute atomic E-state index is 0.00347. The molecule has 2 amide bonds. The van der Waals surface area contributed by atoms with Crippen LogP contribution in [0.4, 0.5) is 4.39 Å². The molecule has 0 aliphatic carbocycles. The topological polar surface area (TPSA) is 97.6 Å². The van der Waals surface area contributed by atoms with Gasteiger partial charge in [0.1, 0.15) is 11.4 Å². The van der Waals surface area contributed by atoms with Crippen LogP contribution in [0.3, 0.4) is 0 Å². The first-order chi connectivity index (χ1) is 13.3. The van der Waals surface area contributed by atoms with E-state index in [2.05, 4.69) is 26.8 Å². The maximum atomic E-state index is 12.8. The van der Waals surface area contributed by atoms with Crippen molar-refractivity contribution in [2.45, 2.75) is 6.92 Å². The lowest BCUT2D eigenvalue weighted by molar-refractivity contribution is -0.125. The van der Waals surface area contributed by atoms with E-state index in [1.165, 1.54) is 12.1 Å². The molecule has 0 fully saturated rings. The zero-order chi connectivity index (χ0) is 20.3. The van der Waals surface area contributed by atoms with Crippen LogP contribution in [0.2, 0.25) is 0 Å². The van der Waals surface area contributed by atoms with Crippen molar-refractivity contribution in [3.8, 4) is 0 Å². The van der Waals surface area contributed by atoms with E-state index in [4.69, 9.17) is 9.15 Å². The zero-order valence-corrected chi connectivity index (χ0v) is 16.1. The summed E-state index contributed by atoms with van der Waals surface area (Å²) in [4.78, 5) is 35.8. The van der Waals surface area contributed by atoms with E-state index in [0.29, 0.717) is 11.1 Å². The van der Waals surface area contributed by atoms with Crippen LogP contribution < -0.4 is 10.9 Å². The van der Waals surface area contributed by atoms with Gasteiger partial charge >= 0.3 is 5.97 Å². The number of esters is 1. The highest BCUT2D eigenvalue weighted by Crippen LogP contribution is 2.28. The van der Waals surface area contributed by atoms with Crippen molar-refractivity contribution in [3.63, 3.8) is 0 Å². The van der Waals surface area contributed by atoms with Gasteiger partial charge in [-0.1, -0.05) is 15.9 Å². The molecule has 7 nitrogen and oxygen atoms in total. The lowest BCUT2D eigenvalue weighted by atomic mass is 10.1. The molecule has 0 aliphatic heterocycles. The van der Waals surface area contributed by atoms with E-state index in [1.807, 2.05) is 6.07 Å². The molecule has 3 rings (SSSR count). The zero-order valence-electron chi connectivity index (χ0n) is 14.5. The molecule has 1 aromatic heterocycles. The summed E-state index contributed by atoms with van der Waals surface area (Å²) in [6.45, 7) is 1.08. The second kappa shape index (κ2) is 8.22. The van der Waals surface area contributed by atoms with E-state index >= 15 is 0 Å². The van der Waals surface area contributed by atoms with Gasteiger partial charge in [0.05, 0.1) is 0 Å². The van der Waals surface area contributed by atoms with E-state index in [9.17, 15) is 18.8 Å². The second-order valence-electron chi connectivity index (χ2n) is 5.78. The number of halogens is 2. The summed E-state index contributed by atoms with van der Waals surface area (Å²) in [5, 5.41) is 0.748. The highest BCUT2D eigenvalue weighted by atomic mass is 79.9. The van der Waals surface area contributed by atoms with Gasteiger partial charge in [-0.2, -0.15) is 0 Å². The molecule has 0 aliphatic rings. The summed E-state index contributed by atoms with van der Waals surface area (Å²) in [5.41, 5.74) is 5.51. The van der Waals surface area contributed by atoms with Gasteiger partial charge in [-0.3, -0.25) is 20.4 Å². The molecule has 0 saturated carbocycles. The van der Waals surface area contributed by atoms with Gasteiger partial charge in [0.2, 0.25) is 5.76 Å². The van der Waals surface area contributed by atoms with Crippen LogP contribution in [0, 0.1) is 12.7 Å². The van der Waals surface area contributed by atoms with E-state index in [0.717, 1.165) is 22.0 Å². The van der Waals surface area contributed by atoms with E-state index in [-0.39, 0.29) is 11.3 Å². The molecule has 0 radical (unpaired) electrons. The highest BCUT2D eigenvalue weighted by molar-refractivity contribution is 9.10. The number of rotatable bonds is 4. The Bertz CT molecular complexity index is 1060. The summed E-state index contributed by atoms with van der Waals surface area (Å²) < 4.78 is 24.1. The van der Waals surface area contributed by atoms with Crippen molar-refractivity contribution in [1.29, 1.82) is 0 Å². The van der Waals surface area contributed by atoms with Crippen LogP contribution in [-0.2, 0) is 9.53 Å². The first kappa shape index (κ1) is 19.6. The molecule has 0 unspecified atom stereocenters. The Morgan fingerprint density at radius 2 is 1.82 bits per heavy atom. The molecular weight excluding hydrogens is 435 g/mol. The number of hydrogen-bond acceptors (Lipinski definition) is 5. The molecule has 9 heteroatoms. The number of carbonyl (C=O) groups excluding carboxylic acids is 3. The predicted octanol–water partition coefficient (Wildman–Crippen LogP) is 3.26. The minimum Gasteiger partial charge on any atom is -0.450 e. The number of nitrogens with one attached hydrogen (secondary N) is 2. The molecule has 144 valence electrons. The van der Waals surface area contributed by atoms with Crippen molar-refractivity contribution in [2.24, 2.45) is 0 Å². The third-order valence-corrected chi connectivity index (χ3v) is 4.33. The Hall–Kier alpha value is -3.20. The number of hydrogen-bond donors (Lipinski definition) is 2. The Morgan fingerprint density at radius 3 is 2.54 bits per heavy atom. The number of amides is 2. The number of furan rings is 1. The number of fused-ring (bicyclic) bond motifs is 1. The molecule has 2 N–H and O–H groups in total. The van der Waals surface area contributed by atoms with Crippen LogP contribution >= 0.6 is 15.9 Å². The van der Waals surface area contributed by atoms with Gasteiger partial charge in [0, 0.05) is 21.0 Å². The maximum Gasteiger partial charge on any atom is 0.375 e. The first-order valence-corrected chi connectivity index (χ1v) is 8.85. The van der Waals surface area contributed by atoms with Gasteiger partial charge in [0.15, 0.2) is 6.61 Å². The van der Waals surface area contributed by atoms with Gasteiger partial charge in [-0.15, -0.1) is 0 Å². The van der Waals surface area contributed by atoms with Crippen molar-refractivity contribution >= 4 is 44.7 Å². The molecule has 3 aromatic rings. The largest absolute Gasteiger partial charge is 0.450 e. The molecule has 2 aromatic carbocycles. The van der Waals surface area contributed by atoms with Crippen LogP contribution in [0.1, 0.15) is 26.5 Å². The summed E-state index contributed by atoms with van der Waals surface area (Å²) in [7, 11) is 0. The third-order valence-electron chi connectivity index (χ3n) is 3.84. The Labute approximate surface area is 166 Å². The maximum absolute atomic E-state index is 12.8.